The number of carbonyl (C=O) groups is 1. The molecule has 5 nitrogen and oxygen atoms in total. The van der Waals surface area contributed by atoms with E-state index in [9.17, 15) is 4.79 Å². The summed E-state index contributed by atoms with van der Waals surface area (Å²) in [5.41, 5.74) is 0.553. The van der Waals surface area contributed by atoms with E-state index in [1.165, 1.54) is 0 Å². The number of nitriles is 1. The number of amides is 1. The van der Waals surface area contributed by atoms with E-state index in [2.05, 4.69) is 30.2 Å². The summed E-state index contributed by atoms with van der Waals surface area (Å²) >= 11 is 0. The first-order valence-electron chi connectivity index (χ1n) is 6.38. The number of anilines is 1. The van der Waals surface area contributed by atoms with Crippen LogP contribution in [0.5, 0.6) is 0 Å². The largest absolute Gasteiger partial charge is 0.373 e. The molecule has 1 rings (SSSR count). The van der Waals surface area contributed by atoms with Crippen molar-refractivity contribution in [3.63, 3.8) is 0 Å². The van der Waals surface area contributed by atoms with E-state index in [0.717, 1.165) is 5.82 Å². The van der Waals surface area contributed by atoms with Gasteiger partial charge in [0.05, 0.1) is 18.1 Å². The van der Waals surface area contributed by atoms with Gasteiger partial charge in [-0.15, -0.1) is 0 Å². The first-order valence-corrected chi connectivity index (χ1v) is 6.38. The third-order valence-electron chi connectivity index (χ3n) is 2.63. The molecule has 0 spiro atoms. The van der Waals surface area contributed by atoms with Gasteiger partial charge in [-0.2, -0.15) is 5.26 Å². The lowest BCUT2D eigenvalue weighted by Gasteiger charge is -2.23. The SMILES string of the molecule is CNc1ccc(C(=O)N(CCC#N)CC(C)C)cn1. The summed E-state index contributed by atoms with van der Waals surface area (Å²) in [4.78, 5) is 18.2. The lowest BCUT2D eigenvalue weighted by molar-refractivity contribution is 0.0739. The van der Waals surface area contributed by atoms with E-state index in [4.69, 9.17) is 5.26 Å². The molecule has 0 aromatic carbocycles. The molecular formula is C14H20N4O. The van der Waals surface area contributed by atoms with Gasteiger partial charge in [-0.05, 0) is 18.1 Å². The zero-order valence-electron chi connectivity index (χ0n) is 11.7. The van der Waals surface area contributed by atoms with Gasteiger partial charge in [0.25, 0.3) is 5.91 Å². The van der Waals surface area contributed by atoms with Crippen molar-refractivity contribution in [1.29, 1.82) is 5.26 Å². The molecule has 0 saturated carbocycles. The van der Waals surface area contributed by atoms with Gasteiger partial charge in [0.2, 0.25) is 0 Å². The van der Waals surface area contributed by atoms with Crippen LogP contribution in [0.3, 0.4) is 0 Å². The number of rotatable bonds is 6. The summed E-state index contributed by atoms with van der Waals surface area (Å²) in [5, 5.41) is 11.6. The second-order valence-corrected chi connectivity index (χ2v) is 4.74. The van der Waals surface area contributed by atoms with Crippen LogP contribution in [0.1, 0.15) is 30.6 Å². The lowest BCUT2D eigenvalue weighted by atomic mass is 10.1. The molecule has 1 heterocycles. The molecule has 0 aliphatic heterocycles. The molecule has 0 saturated heterocycles. The fourth-order valence-electron chi connectivity index (χ4n) is 1.75. The Bertz CT molecular complexity index is 448. The van der Waals surface area contributed by atoms with Crippen molar-refractivity contribution in [2.45, 2.75) is 20.3 Å². The smallest absolute Gasteiger partial charge is 0.255 e. The summed E-state index contributed by atoms with van der Waals surface area (Å²) in [6.45, 7) is 5.21. The zero-order chi connectivity index (χ0) is 14.3. The minimum atomic E-state index is -0.0703. The quantitative estimate of drug-likeness (QED) is 0.850. The highest BCUT2D eigenvalue weighted by molar-refractivity contribution is 5.94. The summed E-state index contributed by atoms with van der Waals surface area (Å²) < 4.78 is 0. The molecule has 1 aromatic heterocycles. The molecule has 0 fully saturated rings. The van der Waals surface area contributed by atoms with E-state index in [-0.39, 0.29) is 5.91 Å². The Labute approximate surface area is 114 Å². The van der Waals surface area contributed by atoms with Crippen molar-refractivity contribution in [2.75, 3.05) is 25.5 Å². The first-order chi connectivity index (χ1) is 9.08. The molecule has 0 bridgehead atoms. The molecule has 1 aromatic rings. The second-order valence-electron chi connectivity index (χ2n) is 4.74. The van der Waals surface area contributed by atoms with Crippen LogP contribution in [0.25, 0.3) is 0 Å². The monoisotopic (exact) mass is 260 g/mol. The molecule has 1 N–H and O–H groups in total. The van der Waals surface area contributed by atoms with Crippen LogP contribution in [0, 0.1) is 17.2 Å². The van der Waals surface area contributed by atoms with Crippen molar-refractivity contribution >= 4 is 11.7 Å². The van der Waals surface area contributed by atoms with Crippen molar-refractivity contribution < 1.29 is 4.79 Å². The molecule has 0 aliphatic rings. The topological polar surface area (TPSA) is 69.0 Å². The van der Waals surface area contributed by atoms with Gasteiger partial charge in [0.15, 0.2) is 0 Å². The van der Waals surface area contributed by atoms with Crippen molar-refractivity contribution in [3.05, 3.63) is 23.9 Å². The van der Waals surface area contributed by atoms with Crippen LogP contribution < -0.4 is 5.32 Å². The summed E-state index contributed by atoms with van der Waals surface area (Å²) in [7, 11) is 1.78. The van der Waals surface area contributed by atoms with Crippen LogP contribution in [-0.4, -0.2) is 35.9 Å². The standard InChI is InChI=1S/C14H20N4O/c1-11(2)10-18(8-4-7-15)14(19)12-5-6-13(16-3)17-9-12/h5-6,9,11H,4,8,10H2,1-3H3,(H,16,17). The van der Waals surface area contributed by atoms with Gasteiger partial charge in [-0.3, -0.25) is 4.79 Å². The average Bonchev–Trinajstić information content (AvgIpc) is 2.42. The van der Waals surface area contributed by atoms with E-state index in [1.807, 2.05) is 0 Å². The molecule has 0 atom stereocenters. The molecular weight excluding hydrogens is 240 g/mol. The summed E-state index contributed by atoms with van der Waals surface area (Å²) in [6, 6.07) is 5.60. The predicted molar refractivity (Wildman–Crippen MR) is 74.8 cm³/mol. The number of pyridine rings is 1. The van der Waals surface area contributed by atoms with Gasteiger partial charge < -0.3 is 10.2 Å². The third-order valence-corrected chi connectivity index (χ3v) is 2.63. The minimum Gasteiger partial charge on any atom is -0.373 e. The highest BCUT2D eigenvalue weighted by Crippen LogP contribution is 2.10. The number of aromatic nitrogens is 1. The second kappa shape index (κ2) is 7.37. The van der Waals surface area contributed by atoms with Gasteiger partial charge in [-0.25, -0.2) is 4.98 Å². The maximum atomic E-state index is 12.3. The molecule has 102 valence electrons. The maximum absolute atomic E-state index is 12.3. The maximum Gasteiger partial charge on any atom is 0.255 e. The van der Waals surface area contributed by atoms with Crippen LogP contribution in [0.2, 0.25) is 0 Å². The molecule has 0 radical (unpaired) electrons. The van der Waals surface area contributed by atoms with Crippen molar-refractivity contribution in [3.8, 4) is 6.07 Å². The normalized spacial score (nSPS) is 10.1. The first kappa shape index (κ1) is 15.0. The van der Waals surface area contributed by atoms with Crippen LogP contribution in [0.15, 0.2) is 18.3 Å². The van der Waals surface area contributed by atoms with Gasteiger partial charge in [0.1, 0.15) is 5.82 Å². The molecule has 1 amide bonds. The Kier molecular flexibility index (Phi) is 5.80. The number of nitrogens with zero attached hydrogens (tertiary/aromatic N) is 3. The highest BCUT2D eigenvalue weighted by atomic mass is 16.2. The molecule has 19 heavy (non-hydrogen) atoms. The summed E-state index contributed by atoms with van der Waals surface area (Å²) in [5.74, 6) is 1.02. The number of carbonyl (C=O) groups excluding carboxylic acids is 1. The van der Waals surface area contributed by atoms with Gasteiger partial charge in [-0.1, -0.05) is 13.8 Å². The van der Waals surface area contributed by atoms with Crippen LogP contribution >= 0.6 is 0 Å². The Morgan fingerprint density at radius 1 is 1.53 bits per heavy atom. The Morgan fingerprint density at radius 2 is 2.26 bits per heavy atom. The molecule has 5 heteroatoms. The Balaban J connectivity index is 2.81. The minimum absolute atomic E-state index is 0.0703. The lowest BCUT2D eigenvalue weighted by Crippen LogP contribution is -2.35. The van der Waals surface area contributed by atoms with E-state index >= 15 is 0 Å². The number of nitrogens with one attached hydrogen (secondary N) is 1. The van der Waals surface area contributed by atoms with E-state index in [1.54, 1.807) is 30.3 Å². The summed E-state index contributed by atoms with van der Waals surface area (Å²) in [6.07, 6.45) is 1.91. The zero-order valence-corrected chi connectivity index (χ0v) is 11.7. The fourth-order valence-corrected chi connectivity index (χ4v) is 1.75. The van der Waals surface area contributed by atoms with Gasteiger partial charge in [0, 0.05) is 26.3 Å². The van der Waals surface area contributed by atoms with Crippen LogP contribution in [-0.2, 0) is 0 Å². The number of hydrogen-bond acceptors (Lipinski definition) is 4. The highest BCUT2D eigenvalue weighted by Gasteiger charge is 2.16. The third kappa shape index (κ3) is 4.59. The molecule has 0 unspecified atom stereocenters. The Hall–Kier alpha value is -2.09. The Morgan fingerprint density at radius 3 is 2.74 bits per heavy atom. The average molecular weight is 260 g/mol. The van der Waals surface area contributed by atoms with Crippen molar-refractivity contribution in [1.82, 2.24) is 9.88 Å². The fraction of sp³-hybridized carbons (Fsp3) is 0.500. The van der Waals surface area contributed by atoms with Crippen LogP contribution in [0.4, 0.5) is 5.82 Å². The van der Waals surface area contributed by atoms with E-state index in [0.29, 0.717) is 31.0 Å². The number of hydrogen-bond donors (Lipinski definition) is 1. The molecule has 0 aliphatic carbocycles. The predicted octanol–water partition coefficient (Wildman–Crippen LogP) is 2.14. The van der Waals surface area contributed by atoms with E-state index < -0.39 is 0 Å². The van der Waals surface area contributed by atoms with Crippen molar-refractivity contribution in [2.24, 2.45) is 5.92 Å². The van der Waals surface area contributed by atoms with Gasteiger partial charge >= 0.3 is 0 Å².